The van der Waals surface area contributed by atoms with Gasteiger partial charge < -0.3 is 15.4 Å². The number of hydrogen-bond acceptors (Lipinski definition) is 7. The molecule has 0 spiro atoms. The summed E-state index contributed by atoms with van der Waals surface area (Å²) in [5.41, 5.74) is 9.38. The zero-order valence-electron chi connectivity index (χ0n) is 13.3. The van der Waals surface area contributed by atoms with E-state index in [1.165, 1.54) is 0 Å². The van der Waals surface area contributed by atoms with Crippen LogP contribution < -0.4 is 15.4 Å². The van der Waals surface area contributed by atoms with E-state index in [4.69, 9.17) is 10.5 Å². The van der Waals surface area contributed by atoms with E-state index in [9.17, 15) is 0 Å². The third kappa shape index (κ3) is 2.85. The Morgan fingerprint density at radius 2 is 1.91 bits per heavy atom. The van der Waals surface area contributed by atoms with E-state index in [-0.39, 0.29) is 5.95 Å². The first kappa shape index (κ1) is 15.0. The summed E-state index contributed by atoms with van der Waals surface area (Å²) in [5, 5.41) is 0. The Morgan fingerprint density at radius 1 is 1.13 bits per heavy atom. The highest BCUT2D eigenvalue weighted by atomic mass is 16.5. The standard InChI is InChI=1S/C16H18N6O/c1-4-23-15-13-14(20-16(17)21-15)18-9-11(19-13)10-7-5-6-8-12(10)22(2)3/h5-9H,4H2,1-3H3,(H2,17,18,20,21). The first-order valence-corrected chi connectivity index (χ1v) is 7.30. The van der Waals surface area contributed by atoms with Gasteiger partial charge in [-0.3, -0.25) is 0 Å². The molecule has 0 fully saturated rings. The van der Waals surface area contributed by atoms with Crippen molar-refractivity contribution in [1.82, 2.24) is 19.9 Å². The zero-order chi connectivity index (χ0) is 16.4. The minimum atomic E-state index is 0.122. The maximum Gasteiger partial charge on any atom is 0.247 e. The van der Waals surface area contributed by atoms with Gasteiger partial charge in [-0.05, 0) is 13.0 Å². The Morgan fingerprint density at radius 3 is 2.65 bits per heavy atom. The van der Waals surface area contributed by atoms with Gasteiger partial charge in [0.1, 0.15) is 0 Å². The molecular weight excluding hydrogens is 292 g/mol. The van der Waals surface area contributed by atoms with Gasteiger partial charge in [0.25, 0.3) is 0 Å². The largest absolute Gasteiger partial charge is 0.476 e. The third-order valence-electron chi connectivity index (χ3n) is 3.34. The van der Waals surface area contributed by atoms with E-state index in [2.05, 4.69) is 19.9 Å². The molecule has 0 amide bonds. The predicted octanol–water partition coefficient (Wildman–Crippen LogP) is 2.13. The van der Waals surface area contributed by atoms with Crippen molar-refractivity contribution in [3.63, 3.8) is 0 Å². The maximum atomic E-state index is 5.69. The second-order valence-electron chi connectivity index (χ2n) is 5.16. The molecule has 7 nitrogen and oxygen atoms in total. The summed E-state index contributed by atoms with van der Waals surface area (Å²) in [4.78, 5) is 19.3. The molecule has 118 valence electrons. The molecule has 7 heteroatoms. The molecule has 0 atom stereocenters. The lowest BCUT2D eigenvalue weighted by atomic mass is 10.1. The molecule has 2 aromatic heterocycles. The highest BCUT2D eigenvalue weighted by molar-refractivity contribution is 5.82. The van der Waals surface area contributed by atoms with Crippen LogP contribution in [0, 0.1) is 0 Å². The quantitative estimate of drug-likeness (QED) is 0.789. The van der Waals surface area contributed by atoms with Crippen LogP contribution in [-0.2, 0) is 0 Å². The van der Waals surface area contributed by atoms with E-state index < -0.39 is 0 Å². The number of benzene rings is 1. The number of ether oxygens (including phenoxy) is 1. The normalized spacial score (nSPS) is 10.7. The average molecular weight is 310 g/mol. The first-order chi connectivity index (χ1) is 11.1. The van der Waals surface area contributed by atoms with Gasteiger partial charge in [-0.15, -0.1) is 0 Å². The van der Waals surface area contributed by atoms with Crippen molar-refractivity contribution >= 4 is 22.8 Å². The van der Waals surface area contributed by atoms with Crippen LogP contribution in [0.5, 0.6) is 5.88 Å². The van der Waals surface area contributed by atoms with Gasteiger partial charge in [-0.1, -0.05) is 18.2 Å². The number of fused-ring (bicyclic) bond motifs is 1. The summed E-state index contributed by atoms with van der Waals surface area (Å²) in [6.45, 7) is 2.34. The lowest BCUT2D eigenvalue weighted by Gasteiger charge is -2.17. The molecule has 0 unspecified atom stereocenters. The van der Waals surface area contributed by atoms with Crippen molar-refractivity contribution in [3.05, 3.63) is 30.5 Å². The number of hydrogen-bond donors (Lipinski definition) is 1. The average Bonchev–Trinajstić information content (AvgIpc) is 2.54. The number of para-hydroxylation sites is 1. The highest BCUT2D eigenvalue weighted by Gasteiger charge is 2.14. The van der Waals surface area contributed by atoms with Crippen molar-refractivity contribution in [1.29, 1.82) is 0 Å². The van der Waals surface area contributed by atoms with Crippen molar-refractivity contribution in [3.8, 4) is 17.1 Å². The Hall–Kier alpha value is -2.96. The van der Waals surface area contributed by atoms with Gasteiger partial charge in [-0.25, -0.2) is 9.97 Å². The Kier molecular flexibility index (Phi) is 3.92. The molecule has 3 rings (SSSR count). The molecule has 23 heavy (non-hydrogen) atoms. The van der Waals surface area contributed by atoms with E-state index in [1.807, 2.05) is 50.2 Å². The third-order valence-corrected chi connectivity index (χ3v) is 3.34. The SMILES string of the molecule is CCOc1nc(N)nc2ncc(-c3ccccc3N(C)C)nc12. The minimum absolute atomic E-state index is 0.122. The second kappa shape index (κ2) is 6.04. The van der Waals surface area contributed by atoms with Crippen LogP contribution in [0.1, 0.15) is 6.92 Å². The van der Waals surface area contributed by atoms with Crippen LogP contribution in [0.4, 0.5) is 11.6 Å². The smallest absolute Gasteiger partial charge is 0.247 e. The summed E-state index contributed by atoms with van der Waals surface area (Å²) in [5.74, 6) is 0.475. The summed E-state index contributed by atoms with van der Waals surface area (Å²) in [7, 11) is 3.98. The lowest BCUT2D eigenvalue weighted by Crippen LogP contribution is -2.10. The lowest BCUT2D eigenvalue weighted by molar-refractivity contribution is 0.330. The van der Waals surface area contributed by atoms with E-state index >= 15 is 0 Å². The maximum absolute atomic E-state index is 5.69. The van der Waals surface area contributed by atoms with Crippen molar-refractivity contribution < 1.29 is 4.74 Å². The molecule has 0 bridgehead atoms. The molecule has 0 aliphatic heterocycles. The van der Waals surface area contributed by atoms with Crippen LogP contribution in [0.3, 0.4) is 0 Å². The molecule has 0 saturated heterocycles. The molecule has 2 heterocycles. The molecular formula is C16H18N6O. The monoisotopic (exact) mass is 310 g/mol. The highest BCUT2D eigenvalue weighted by Crippen LogP contribution is 2.30. The zero-order valence-corrected chi connectivity index (χ0v) is 13.3. The van der Waals surface area contributed by atoms with Crippen molar-refractivity contribution in [2.24, 2.45) is 0 Å². The summed E-state index contributed by atoms with van der Waals surface area (Å²) in [6, 6.07) is 7.99. The van der Waals surface area contributed by atoms with Crippen LogP contribution in [-0.4, -0.2) is 40.6 Å². The predicted molar refractivity (Wildman–Crippen MR) is 90.5 cm³/mol. The number of nitrogens with zero attached hydrogens (tertiary/aromatic N) is 5. The summed E-state index contributed by atoms with van der Waals surface area (Å²) >= 11 is 0. The molecule has 0 saturated carbocycles. The van der Waals surface area contributed by atoms with Gasteiger partial charge in [0, 0.05) is 25.3 Å². The summed E-state index contributed by atoms with van der Waals surface area (Å²) < 4.78 is 5.52. The molecule has 3 aromatic rings. The van der Waals surface area contributed by atoms with Crippen molar-refractivity contribution in [2.75, 3.05) is 31.3 Å². The number of nitrogen functional groups attached to an aromatic ring is 1. The molecule has 2 N–H and O–H groups in total. The molecule has 0 aliphatic carbocycles. The summed E-state index contributed by atoms with van der Waals surface area (Å²) in [6.07, 6.45) is 1.69. The van der Waals surface area contributed by atoms with Crippen LogP contribution in [0.2, 0.25) is 0 Å². The Balaban J connectivity index is 2.21. The van der Waals surface area contributed by atoms with Gasteiger partial charge in [0.2, 0.25) is 11.8 Å². The van der Waals surface area contributed by atoms with E-state index in [0.29, 0.717) is 23.7 Å². The van der Waals surface area contributed by atoms with Gasteiger partial charge in [0.15, 0.2) is 11.2 Å². The number of anilines is 2. The Labute approximate surface area is 134 Å². The fourth-order valence-electron chi connectivity index (χ4n) is 2.35. The molecule has 1 aromatic carbocycles. The van der Waals surface area contributed by atoms with Crippen LogP contribution in [0.25, 0.3) is 22.4 Å². The van der Waals surface area contributed by atoms with E-state index in [1.54, 1.807) is 6.20 Å². The fourth-order valence-corrected chi connectivity index (χ4v) is 2.35. The first-order valence-electron chi connectivity index (χ1n) is 7.30. The van der Waals surface area contributed by atoms with Gasteiger partial charge in [-0.2, -0.15) is 9.97 Å². The van der Waals surface area contributed by atoms with E-state index in [0.717, 1.165) is 16.9 Å². The van der Waals surface area contributed by atoms with Crippen LogP contribution in [0.15, 0.2) is 30.5 Å². The topological polar surface area (TPSA) is 90.0 Å². The van der Waals surface area contributed by atoms with Gasteiger partial charge in [0.05, 0.1) is 18.5 Å². The number of aromatic nitrogens is 4. The molecule has 0 aliphatic rings. The second-order valence-corrected chi connectivity index (χ2v) is 5.16. The number of nitrogens with two attached hydrogens (primary N) is 1. The minimum Gasteiger partial charge on any atom is -0.476 e. The number of rotatable bonds is 4. The van der Waals surface area contributed by atoms with Crippen LogP contribution >= 0.6 is 0 Å². The molecule has 0 radical (unpaired) electrons. The fraction of sp³-hybridized carbons (Fsp3) is 0.250. The van der Waals surface area contributed by atoms with Gasteiger partial charge >= 0.3 is 0 Å². The Bertz CT molecular complexity index is 849. The van der Waals surface area contributed by atoms with Crippen molar-refractivity contribution in [2.45, 2.75) is 6.92 Å².